The smallest absolute Gasteiger partial charge is 0.119 e. The van der Waals surface area contributed by atoms with Crippen molar-refractivity contribution in [3.05, 3.63) is 29.8 Å². The highest BCUT2D eigenvalue weighted by Gasteiger charge is 2.26. The summed E-state index contributed by atoms with van der Waals surface area (Å²) in [5.74, 6) is 2.45. The van der Waals surface area contributed by atoms with Crippen molar-refractivity contribution in [1.82, 2.24) is 0 Å². The normalized spacial score (nSPS) is 25.0. The van der Waals surface area contributed by atoms with E-state index < -0.39 is 0 Å². The van der Waals surface area contributed by atoms with Crippen LogP contribution in [0.4, 0.5) is 0 Å². The Balaban J connectivity index is 2.05. The lowest BCUT2D eigenvalue weighted by atomic mass is 9.75. The molecule has 2 rings (SSSR count). The van der Waals surface area contributed by atoms with Crippen molar-refractivity contribution < 1.29 is 4.74 Å². The first-order chi connectivity index (χ1) is 9.24. The summed E-state index contributed by atoms with van der Waals surface area (Å²) in [5, 5.41) is 0. The van der Waals surface area contributed by atoms with Gasteiger partial charge in [-0.3, -0.25) is 0 Å². The van der Waals surface area contributed by atoms with Crippen molar-refractivity contribution >= 4 is 0 Å². The van der Waals surface area contributed by atoms with Gasteiger partial charge in [0.1, 0.15) is 5.75 Å². The van der Waals surface area contributed by atoms with Gasteiger partial charge in [0, 0.05) is 6.04 Å². The van der Waals surface area contributed by atoms with E-state index in [1.165, 1.54) is 37.7 Å². The van der Waals surface area contributed by atoms with Crippen LogP contribution in [0.3, 0.4) is 0 Å². The molecule has 19 heavy (non-hydrogen) atoms. The Hall–Kier alpha value is -1.02. The fraction of sp³-hybridized carbons (Fsp3) is 0.647. The van der Waals surface area contributed by atoms with Gasteiger partial charge in [-0.2, -0.15) is 0 Å². The largest absolute Gasteiger partial charge is 0.494 e. The van der Waals surface area contributed by atoms with Gasteiger partial charge in [-0.05, 0) is 49.3 Å². The van der Waals surface area contributed by atoms with Crippen molar-refractivity contribution in [3.63, 3.8) is 0 Å². The molecule has 0 saturated heterocycles. The van der Waals surface area contributed by atoms with Crippen molar-refractivity contribution in [2.75, 3.05) is 6.61 Å². The molecule has 0 aromatic heterocycles. The molecule has 2 N–H and O–H groups in total. The Labute approximate surface area is 117 Å². The first kappa shape index (κ1) is 14.4. The minimum absolute atomic E-state index is 0.162. The molecule has 1 aromatic rings. The predicted molar refractivity (Wildman–Crippen MR) is 80.3 cm³/mol. The lowest BCUT2D eigenvalue weighted by Gasteiger charge is -2.32. The van der Waals surface area contributed by atoms with Crippen molar-refractivity contribution in [3.8, 4) is 5.75 Å². The zero-order valence-corrected chi connectivity index (χ0v) is 12.3. The fourth-order valence-electron chi connectivity index (χ4n) is 3.28. The molecule has 0 spiro atoms. The van der Waals surface area contributed by atoms with Gasteiger partial charge in [-0.1, -0.05) is 38.3 Å². The molecule has 0 heterocycles. The number of nitrogens with two attached hydrogens (primary N) is 1. The molecular formula is C17H27NO. The van der Waals surface area contributed by atoms with Crippen LogP contribution in [0.1, 0.15) is 57.6 Å². The summed E-state index contributed by atoms with van der Waals surface area (Å²) in [6.07, 6.45) is 6.58. The topological polar surface area (TPSA) is 35.2 Å². The number of rotatable bonds is 5. The molecule has 3 atom stereocenters. The van der Waals surface area contributed by atoms with Gasteiger partial charge >= 0.3 is 0 Å². The second kappa shape index (κ2) is 6.95. The molecule has 0 amide bonds. The molecule has 2 heteroatoms. The van der Waals surface area contributed by atoms with E-state index in [1.54, 1.807) is 0 Å². The van der Waals surface area contributed by atoms with Crippen molar-refractivity contribution in [1.29, 1.82) is 0 Å². The summed E-state index contributed by atoms with van der Waals surface area (Å²) in [5.41, 5.74) is 7.73. The highest BCUT2D eigenvalue weighted by atomic mass is 16.5. The van der Waals surface area contributed by atoms with Gasteiger partial charge in [-0.25, -0.2) is 0 Å². The zero-order chi connectivity index (χ0) is 13.7. The maximum Gasteiger partial charge on any atom is 0.119 e. The summed E-state index contributed by atoms with van der Waals surface area (Å²) < 4.78 is 5.57. The van der Waals surface area contributed by atoms with Gasteiger partial charge < -0.3 is 10.5 Å². The average molecular weight is 261 g/mol. The minimum Gasteiger partial charge on any atom is -0.494 e. The minimum atomic E-state index is 0.162. The van der Waals surface area contributed by atoms with Gasteiger partial charge in [0.15, 0.2) is 0 Å². The fourth-order valence-corrected chi connectivity index (χ4v) is 3.28. The van der Waals surface area contributed by atoms with E-state index in [0.29, 0.717) is 12.5 Å². The summed E-state index contributed by atoms with van der Waals surface area (Å²) >= 11 is 0. The van der Waals surface area contributed by atoms with E-state index in [2.05, 4.69) is 25.1 Å². The average Bonchev–Trinajstić information content (AvgIpc) is 2.47. The third kappa shape index (κ3) is 3.73. The first-order valence-electron chi connectivity index (χ1n) is 7.72. The number of hydrogen-bond donors (Lipinski definition) is 1. The van der Waals surface area contributed by atoms with Crippen LogP contribution < -0.4 is 10.5 Å². The van der Waals surface area contributed by atoms with Crippen LogP contribution in [0.5, 0.6) is 5.75 Å². The van der Waals surface area contributed by atoms with Crippen LogP contribution in [0.15, 0.2) is 24.3 Å². The monoisotopic (exact) mass is 261 g/mol. The van der Waals surface area contributed by atoms with Crippen LogP contribution in [-0.2, 0) is 0 Å². The molecular weight excluding hydrogens is 234 g/mol. The van der Waals surface area contributed by atoms with Crippen LogP contribution in [-0.4, -0.2) is 6.61 Å². The van der Waals surface area contributed by atoms with Crippen LogP contribution in [0, 0.1) is 11.8 Å². The molecule has 1 fully saturated rings. The molecule has 1 aliphatic rings. The molecule has 3 unspecified atom stereocenters. The van der Waals surface area contributed by atoms with E-state index in [1.807, 2.05) is 13.0 Å². The molecule has 2 nitrogen and oxygen atoms in total. The molecule has 0 bridgehead atoms. The lowest BCUT2D eigenvalue weighted by molar-refractivity contribution is 0.230. The number of benzene rings is 1. The standard InChI is InChI=1S/C17H27NO/c1-3-13-7-5-8-14(11-13)17(18)15-9-6-10-16(12-15)19-4-2/h6,9-10,12-14,17H,3-5,7-8,11,18H2,1-2H3. The Morgan fingerprint density at radius 3 is 2.89 bits per heavy atom. The summed E-state index contributed by atoms with van der Waals surface area (Å²) in [6.45, 7) is 5.02. The van der Waals surface area contributed by atoms with E-state index in [-0.39, 0.29) is 6.04 Å². The second-order valence-electron chi connectivity index (χ2n) is 5.73. The first-order valence-corrected chi connectivity index (χ1v) is 7.72. The Morgan fingerprint density at radius 1 is 1.32 bits per heavy atom. The molecule has 1 aliphatic carbocycles. The summed E-state index contributed by atoms with van der Waals surface area (Å²) in [4.78, 5) is 0. The lowest BCUT2D eigenvalue weighted by Crippen LogP contribution is -2.26. The molecule has 0 radical (unpaired) electrons. The van der Waals surface area contributed by atoms with Gasteiger partial charge in [0.25, 0.3) is 0 Å². The molecule has 1 saturated carbocycles. The van der Waals surface area contributed by atoms with Crippen molar-refractivity contribution in [2.45, 2.75) is 52.0 Å². The van der Waals surface area contributed by atoms with Crippen LogP contribution >= 0.6 is 0 Å². The Morgan fingerprint density at radius 2 is 2.16 bits per heavy atom. The highest BCUT2D eigenvalue weighted by molar-refractivity contribution is 5.30. The third-order valence-electron chi connectivity index (χ3n) is 4.46. The van der Waals surface area contributed by atoms with Crippen LogP contribution in [0.25, 0.3) is 0 Å². The van der Waals surface area contributed by atoms with Gasteiger partial charge in [0.05, 0.1) is 6.61 Å². The Bertz CT molecular complexity index is 391. The Kier molecular flexibility index (Phi) is 5.26. The second-order valence-corrected chi connectivity index (χ2v) is 5.73. The molecule has 1 aromatic carbocycles. The predicted octanol–water partition coefficient (Wildman–Crippen LogP) is 4.30. The third-order valence-corrected chi connectivity index (χ3v) is 4.46. The van der Waals surface area contributed by atoms with E-state index in [9.17, 15) is 0 Å². The summed E-state index contributed by atoms with van der Waals surface area (Å²) in [6, 6.07) is 8.48. The summed E-state index contributed by atoms with van der Waals surface area (Å²) in [7, 11) is 0. The number of hydrogen-bond acceptors (Lipinski definition) is 2. The van der Waals surface area contributed by atoms with E-state index in [4.69, 9.17) is 10.5 Å². The quantitative estimate of drug-likeness (QED) is 0.857. The van der Waals surface area contributed by atoms with Crippen molar-refractivity contribution in [2.24, 2.45) is 17.6 Å². The number of ether oxygens (including phenoxy) is 1. The SMILES string of the molecule is CCOc1cccc(C(N)C2CCCC(CC)C2)c1. The van der Waals surface area contributed by atoms with E-state index >= 15 is 0 Å². The van der Waals surface area contributed by atoms with Gasteiger partial charge in [0.2, 0.25) is 0 Å². The zero-order valence-electron chi connectivity index (χ0n) is 12.3. The highest BCUT2D eigenvalue weighted by Crippen LogP contribution is 2.37. The maximum atomic E-state index is 6.50. The molecule has 0 aliphatic heterocycles. The van der Waals surface area contributed by atoms with E-state index in [0.717, 1.165) is 11.7 Å². The molecule has 106 valence electrons. The van der Waals surface area contributed by atoms with Crippen LogP contribution in [0.2, 0.25) is 0 Å². The van der Waals surface area contributed by atoms with Gasteiger partial charge in [-0.15, -0.1) is 0 Å². The maximum absolute atomic E-state index is 6.50.